The molecule has 4 nitrogen and oxygen atoms in total. The van der Waals surface area contributed by atoms with Crippen molar-refractivity contribution in [2.24, 2.45) is 0 Å². The van der Waals surface area contributed by atoms with E-state index in [2.05, 4.69) is 21.2 Å². The first-order valence-corrected chi connectivity index (χ1v) is 6.73. The quantitative estimate of drug-likeness (QED) is 0.810. The van der Waals surface area contributed by atoms with Gasteiger partial charge < -0.3 is 15.2 Å². The van der Waals surface area contributed by atoms with Crippen LogP contribution in [0.1, 0.15) is 19.8 Å². The Balaban J connectivity index is 2.27. The van der Waals surface area contributed by atoms with Gasteiger partial charge in [-0.05, 0) is 24.6 Å². The molecule has 0 spiro atoms. The molecule has 0 radical (unpaired) electrons. The van der Waals surface area contributed by atoms with E-state index in [1.807, 2.05) is 31.2 Å². The van der Waals surface area contributed by atoms with Crippen LogP contribution in [-0.2, 0) is 4.79 Å². The fourth-order valence-corrected chi connectivity index (χ4v) is 1.77. The SMILES string of the molecule is CC[C@H](CO)NC(=O)CCOc1cccc(Br)c1. The van der Waals surface area contributed by atoms with Gasteiger partial charge in [-0.1, -0.05) is 28.9 Å². The minimum atomic E-state index is -0.164. The minimum Gasteiger partial charge on any atom is -0.493 e. The molecule has 0 aromatic heterocycles. The zero-order chi connectivity index (χ0) is 13.4. The summed E-state index contributed by atoms with van der Waals surface area (Å²) < 4.78 is 6.39. The number of rotatable bonds is 7. The molecule has 1 amide bonds. The molecule has 100 valence electrons. The molecule has 1 rings (SSSR count). The molecule has 0 saturated carbocycles. The molecular weight excluding hydrogens is 298 g/mol. The number of aliphatic hydroxyl groups is 1. The van der Waals surface area contributed by atoms with Crippen molar-refractivity contribution in [2.45, 2.75) is 25.8 Å². The van der Waals surface area contributed by atoms with Crippen LogP contribution in [0.2, 0.25) is 0 Å². The van der Waals surface area contributed by atoms with Crippen LogP contribution >= 0.6 is 15.9 Å². The third kappa shape index (κ3) is 5.51. The van der Waals surface area contributed by atoms with Crippen molar-refractivity contribution in [1.29, 1.82) is 0 Å². The van der Waals surface area contributed by atoms with E-state index in [0.29, 0.717) is 13.0 Å². The Kier molecular flexibility index (Phi) is 6.75. The third-order valence-electron chi connectivity index (χ3n) is 2.47. The van der Waals surface area contributed by atoms with E-state index in [9.17, 15) is 4.79 Å². The molecule has 0 aliphatic rings. The van der Waals surface area contributed by atoms with Gasteiger partial charge in [0.25, 0.3) is 0 Å². The lowest BCUT2D eigenvalue weighted by Gasteiger charge is -2.14. The molecule has 1 aromatic carbocycles. The van der Waals surface area contributed by atoms with Crippen molar-refractivity contribution in [1.82, 2.24) is 5.32 Å². The summed E-state index contributed by atoms with van der Waals surface area (Å²) in [5, 5.41) is 11.7. The zero-order valence-electron chi connectivity index (χ0n) is 10.4. The summed E-state index contributed by atoms with van der Waals surface area (Å²) in [6, 6.07) is 7.31. The van der Waals surface area contributed by atoms with Crippen molar-refractivity contribution in [2.75, 3.05) is 13.2 Å². The van der Waals surface area contributed by atoms with E-state index in [4.69, 9.17) is 9.84 Å². The van der Waals surface area contributed by atoms with Crippen molar-refractivity contribution in [3.8, 4) is 5.75 Å². The molecule has 0 unspecified atom stereocenters. The molecule has 2 N–H and O–H groups in total. The average molecular weight is 316 g/mol. The summed E-state index contributed by atoms with van der Waals surface area (Å²) in [7, 11) is 0. The number of benzene rings is 1. The molecule has 18 heavy (non-hydrogen) atoms. The number of aliphatic hydroxyl groups excluding tert-OH is 1. The first kappa shape index (κ1) is 15.0. The summed E-state index contributed by atoms with van der Waals surface area (Å²) in [5.41, 5.74) is 0. The molecule has 0 aliphatic carbocycles. The largest absolute Gasteiger partial charge is 0.493 e. The number of carbonyl (C=O) groups is 1. The normalized spacial score (nSPS) is 11.9. The summed E-state index contributed by atoms with van der Waals surface area (Å²) in [6.45, 7) is 2.21. The predicted molar refractivity (Wildman–Crippen MR) is 73.6 cm³/mol. The Bertz CT molecular complexity index is 380. The van der Waals surface area contributed by atoms with Crippen LogP contribution in [0.15, 0.2) is 28.7 Å². The standard InChI is InChI=1S/C13H18BrNO3/c1-2-11(9-16)15-13(17)6-7-18-12-5-3-4-10(14)8-12/h3-5,8,11,16H,2,6-7,9H2,1H3,(H,15,17)/t11-/m1/s1. The van der Waals surface area contributed by atoms with Crippen LogP contribution in [0.5, 0.6) is 5.75 Å². The Morgan fingerprint density at radius 1 is 1.56 bits per heavy atom. The van der Waals surface area contributed by atoms with E-state index >= 15 is 0 Å². The van der Waals surface area contributed by atoms with Gasteiger partial charge in [0.1, 0.15) is 5.75 Å². The van der Waals surface area contributed by atoms with Gasteiger partial charge in [0.05, 0.1) is 25.7 Å². The Hall–Kier alpha value is -1.07. The molecule has 0 aliphatic heterocycles. The topological polar surface area (TPSA) is 58.6 Å². The smallest absolute Gasteiger partial charge is 0.223 e. The fourth-order valence-electron chi connectivity index (χ4n) is 1.40. The number of carbonyl (C=O) groups excluding carboxylic acids is 1. The van der Waals surface area contributed by atoms with Gasteiger partial charge in [-0.3, -0.25) is 4.79 Å². The summed E-state index contributed by atoms with van der Waals surface area (Å²) in [6.07, 6.45) is 0.998. The molecule has 1 atom stereocenters. The number of hydrogen-bond acceptors (Lipinski definition) is 3. The van der Waals surface area contributed by atoms with Crippen molar-refractivity contribution in [3.63, 3.8) is 0 Å². The summed E-state index contributed by atoms with van der Waals surface area (Å²) in [5.74, 6) is 0.622. The van der Waals surface area contributed by atoms with Crippen molar-refractivity contribution >= 4 is 21.8 Å². The van der Waals surface area contributed by atoms with Gasteiger partial charge >= 0.3 is 0 Å². The van der Waals surface area contributed by atoms with Gasteiger partial charge in [0, 0.05) is 4.47 Å². The molecule has 1 aromatic rings. The summed E-state index contributed by atoms with van der Waals surface area (Å²) in [4.78, 5) is 11.5. The highest BCUT2D eigenvalue weighted by Crippen LogP contribution is 2.17. The van der Waals surface area contributed by atoms with Crippen LogP contribution < -0.4 is 10.1 Å². The molecule has 0 heterocycles. The number of nitrogens with one attached hydrogen (secondary N) is 1. The van der Waals surface area contributed by atoms with E-state index < -0.39 is 0 Å². The van der Waals surface area contributed by atoms with Gasteiger partial charge in [-0.2, -0.15) is 0 Å². The third-order valence-corrected chi connectivity index (χ3v) is 2.97. The summed E-state index contributed by atoms with van der Waals surface area (Å²) >= 11 is 3.35. The van der Waals surface area contributed by atoms with Crippen LogP contribution in [0.25, 0.3) is 0 Å². The van der Waals surface area contributed by atoms with Crippen LogP contribution in [-0.4, -0.2) is 30.3 Å². The van der Waals surface area contributed by atoms with Crippen molar-refractivity contribution < 1.29 is 14.6 Å². The van der Waals surface area contributed by atoms with Gasteiger partial charge in [-0.25, -0.2) is 0 Å². The number of halogens is 1. The van der Waals surface area contributed by atoms with Crippen LogP contribution in [0.4, 0.5) is 0 Å². The number of ether oxygens (including phenoxy) is 1. The maximum Gasteiger partial charge on any atom is 0.223 e. The first-order chi connectivity index (χ1) is 8.65. The van der Waals surface area contributed by atoms with Gasteiger partial charge in [0.15, 0.2) is 0 Å². The van der Waals surface area contributed by atoms with Gasteiger partial charge in [0.2, 0.25) is 5.91 Å². The predicted octanol–water partition coefficient (Wildman–Crippen LogP) is 2.11. The van der Waals surface area contributed by atoms with E-state index in [0.717, 1.165) is 10.2 Å². The van der Waals surface area contributed by atoms with E-state index in [1.54, 1.807) is 0 Å². The molecular formula is C13H18BrNO3. The fraction of sp³-hybridized carbons (Fsp3) is 0.462. The highest BCUT2D eigenvalue weighted by molar-refractivity contribution is 9.10. The Morgan fingerprint density at radius 3 is 2.94 bits per heavy atom. The van der Waals surface area contributed by atoms with E-state index in [-0.39, 0.29) is 25.0 Å². The first-order valence-electron chi connectivity index (χ1n) is 5.94. The number of amides is 1. The second-order valence-corrected chi connectivity index (χ2v) is 4.83. The lowest BCUT2D eigenvalue weighted by molar-refractivity contribution is -0.122. The maximum atomic E-state index is 11.5. The second kappa shape index (κ2) is 8.11. The average Bonchev–Trinajstić information content (AvgIpc) is 2.36. The highest BCUT2D eigenvalue weighted by Gasteiger charge is 2.08. The second-order valence-electron chi connectivity index (χ2n) is 3.91. The Labute approximate surface area is 115 Å². The molecule has 5 heteroatoms. The highest BCUT2D eigenvalue weighted by atomic mass is 79.9. The minimum absolute atomic E-state index is 0.0330. The van der Waals surface area contributed by atoms with Crippen molar-refractivity contribution in [3.05, 3.63) is 28.7 Å². The van der Waals surface area contributed by atoms with Crippen LogP contribution in [0.3, 0.4) is 0 Å². The zero-order valence-corrected chi connectivity index (χ0v) is 11.9. The molecule has 0 saturated heterocycles. The number of hydrogen-bond donors (Lipinski definition) is 2. The molecule has 0 bridgehead atoms. The van der Waals surface area contributed by atoms with Crippen LogP contribution in [0, 0.1) is 0 Å². The monoisotopic (exact) mass is 315 g/mol. The lowest BCUT2D eigenvalue weighted by atomic mass is 10.2. The molecule has 0 fully saturated rings. The van der Waals surface area contributed by atoms with Gasteiger partial charge in [-0.15, -0.1) is 0 Å². The maximum absolute atomic E-state index is 11.5. The Morgan fingerprint density at radius 2 is 2.33 bits per heavy atom. The van der Waals surface area contributed by atoms with E-state index in [1.165, 1.54) is 0 Å². The lowest BCUT2D eigenvalue weighted by Crippen LogP contribution is -2.37.